The number of methoxy groups -OCH3 is 1. The zero-order chi connectivity index (χ0) is 13.4. The summed E-state index contributed by atoms with van der Waals surface area (Å²) in [4.78, 5) is 6.00. The fourth-order valence-corrected chi connectivity index (χ4v) is 3.46. The van der Waals surface area contributed by atoms with Crippen molar-refractivity contribution in [3.63, 3.8) is 0 Å². The summed E-state index contributed by atoms with van der Waals surface area (Å²) in [5.41, 5.74) is 1.10. The Balaban J connectivity index is 2.61. The number of nitrogens with one attached hydrogen (secondary N) is 1. The number of thioether (sulfide) groups is 1. The smallest absolute Gasteiger partial charge is 0.103 e. The molecule has 0 fully saturated rings. The summed E-state index contributed by atoms with van der Waals surface area (Å²) in [5.74, 6) is 2.23. The Hall–Kier alpha value is -0.100. The third-order valence-corrected chi connectivity index (χ3v) is 4.80. The largest absolute Gasteiger partial charge is 0.378 e. The lowest BCUT2D eigenvalue weighted by atomic mass is 10.3. The number of nitrogens with zero attached hydrogens (tertiary/aromatic N) is 1. The van der Waals surface area contributed by atoms with Crippen molar-refractivity contribution in [3.05, 3.63) is 15.6 Å². The lowest BCUT2D eigenvalue weighted by molar-refractivity contribution is 0.181. The van der Waals surface area contributed by atoms with E-state index in [0.29, 0.717) is 12.6 Å². The number of hydrogen-bond acceptors (Lipinski definition) is 5. The fourth-order valence-electron chi connectivity index (χ4n) is 1.49. The monoisotopic (exact) mass is 288 g/mol. The first-order valence-electron chi connectivity index (χ1n) is 6.44. The molecule has 0 aliphatic heterocycles. The summed E-state index contributed by atoms with van der Waals surface area (Å²) in [5, 5.41) is 4.67. The zero-order valence-electron chi connectivity index (χ0n) is 11.8. The van der Waals surface area contributed by atoms with Crippen LogP contribution in [0.15, 0.2) is 0 Å². The molecule has 104 valence electrons. The molecule has 0 atom stereocenters. The number of thiazole rings is 1. The Morgan fingerprint density at radius 3 is 2.83 bits per heavy atom. The third kappa shape index (κ3) is 5.69. The molecule has 0 radical (unpaired) electrons. The van der Waals surface area contributed by atoms with E-state index in [0.717, 1.165) is 18.0 Å². The molecule has 1 heterocycles. The van der Waals surface area contributed by atoms with Gasteiger partial charge in [0.15, 0.2) is 0 Å². The van der Waals surface area contributed by atoms with Crippen LogP contribution in [0, 0.1) is 0 Å². The Morgan fingerprint density at radius 2 is 2.22 bits per heavy atom. The van der Waals surface area contributed by atoms with Crippen LogP contribution in [0.1, 0.15) is 42.8 Å². The molecule has 0 bridgehead atoms. The van der Waals surface area contributed by atoms with Gasteiger partial charge in [-0.15, -0.1) is 11.3 Å². The Labute approximate surface area is 119 Å². The quantitative estimate of drug-likeness (QED) is 0.706. The van der Waals surface area contributed by atoms with Crippen molar-refractivity contribution >= 4 is 23.1 Å². The molecular formula is C13H24N2OS2. The van der Waals surface area contributed by atoms with Gasteiger partial charge in [-0.3, -0.25) is 0 Å². The van der Waals surface area contributed by atoms with Crippen molar-refractivity contribution in [2.24, 2.45) is 0 Å². The summed E-state index contributed by atoms with van der Waals surface area (Å²) in [6.07, 6.45) is 1.22. The minimum absolute atomic E-state index is 0.500. The van der Waals surface area contributed by atoms with E-state index in [9.17, 15) is 0 Å². The second-order valence-corrected chi connectivity index (χ2v) is 6.77. The van der Waals surface area contributed by atoms with E-state index in [1.807, 2.05) is 23.1 Å². The molecule has 1 aromatic rings. The second-order valence-electron chi connectivity index (χ2n) is 4.50. The van der Waals surface area contributed by atoms with E-state index < -0.39 is 0 Å². The lowest BCUT2D eigenvalue weighted by Gasteiger charge is -2.07. The van der Waals surface area contributed by atoms with Crippen LogP contribution in [0.4, 0.5) is 0 Å². The summed E-state index contributed by atoms with van der Waals surface area (Å²) in [6, 6.07) is 0.500. The van der Waals surface area contributed by atoms with Gasteiger partial charge in [-0.25, -0.2) is 4.98 Å². The van der Waals surface area contributed by atoms with Crippen molar-refractivity contribution in [1.29, 1.82) is 0 Å². The predicted molar refractivity (Wildman–Crippen MR) is 81.3 cm³/mol. The van der Waals surface area contributed by atoms with E-state index in [1.54, 1.807) is 7.11 Å². The fraction of sp³-hybridized carbons (Fsp3) is 0.769. The molecule has 0 saturated carbocycles. The highest BCUT2D eigenvalue weighted by atomic mass is 32.2. The van der Waals surface area contributed by atoms with Gasteiger partial charge >= 0.3 is 0 Å². The van der Waals surface area contributed by atoms with Crippen molar-refractivity contribution in [3.8, 4) is 0 Å². The van der Waals surface area contributed by atoms with Crippen LogP contribution in [0.2, 0.25) is 0 Å². The molecule has 0 aliphatic carbocycles. The first-order chi connectivity index (χ1) is 8.67. The molecule has 18 heavy (non-hydrogen) atoms. The van der Waals surface area contributed by atoms with Crippen molar-refractivity contribution in [1.82, 2.24) is 10.3 Å². The summed E-state index contributed by atoms with van der Waals surface area (Å²) in [7, 11) is 1.73. The van der Waals surface area contributed by atoms with E-state index in [4.69, 9.17) is 4.74 Å². The van der Waals surface area contributed by atoms with Gasteiger partial charge in [-0.2, -0.15) is 11.8 Å². The highest BCUT2D eigenvalue weighted by Gasteiger charge is 2.11. The third-order valence-electron chi connectivity index (χ3n) is 2.35. The average Bonchev–Trinajstić information content (AvgIpc) is 2.70. The first kappa shape index (κ1) is 16.0. The highest BCUT2D eigenvalue weighted by molar-refractivity contribution is 7.98. The minimum atomic E-state index is 0.500. The van der Waals surface area contributed by atoms with Gasteiger partial charge < -0.3 is 10.1 Å². The van der Waals surface area contributed by atoms with Gasteiger partial charge in [0.1, 0.15) is 5.01 Å². The number of hydrogen-bond donors (Lipinski definition) is 1. The summed E-state index contributed by atoms with van der Waals surface area (Å²) >= 11 is 3.77. The maximum atomic E-state index is 5.22. The maximum absolute atomic E-state index is 5.22. The standard InChI is InChI=1S/C13H24N2OS2/c1-5-6-17-9-13-15-11(8-16-4)12(18-13)7-14-10(2)3/h10,14H,5-9H2,1-4H3. The summed E-state index contributed by atoms with van der Waals surface area (Å²) in [6.45, 7) is 8.05. The number of aromatic nitrogens is 1. The van der Waals surface area contributed by atoms with Crippen molar-refractivity contribution in [2.45, 2.75) is 52.1 Å². The van der Waals surface area contributed by atoms with E-state index in [1.165, 1.54) is 22.1 Å². The van der Waals surface area contributed by atoms with E-state index in [-0.39, 0.29) is 0 Å². The normalized spacial score (nSPS) is 11.4. The molecular weight excluding hydrogens is 264 g/mol. The van der Waals surface area contributed by atoms with Gasteiger partial charge in [0.25, 0.3) is 0 Å². The molecule has 5 heteroatoms. The molecule has 1 rings (SSSR count). The Morgan fingerprint density at radius 1 is 1.44 bits per heavy atom. The molecule has 1 aromatic heterocycles. The zero-order valence-corrected chi connectivity index (χ0v) is 13.4. The lowest BCUT2D eigenvalue weighted by Crippen LogP contribution is -2.21. The minimum Gasteiger partial charge on any atom is -0.378 e. The van der Waals surface area contributed by atoms with Gasteiger partial charge in [-0.05, 0) is 12.2 Å². The van der Waals surface area contributed by atoms with Gasteiger partial charge in [-0.1, -0.05) is 20.8 Å². The average molecular weight is 288 g/mol. The van der Waals surface area contributed by atoms with Crippen LogP contribution >= 0.6 is 23.1 Å². The van der Waals surface area contributed by atoms with Crippen LogP contribution in [0.3, 0.4) is 0 Å². The molecule has 0 saturated heterocycles. The highest BCUT2D eigenvalue weighted by Crippen LogP contribution is 2.23. The van der Waals surface area contributed by atoms with Crippen LogP contribution in [0.5, 0.6) is 0 Å². The van der Waals surface area contributed by atoms with Crippen LogP contribution in [0.25, 0.3) is 0 Å². The van der Waals surface area contributed by atoms with E-state index >= 15 is 0 Å². The van der Waals surface area contributed by atoms with Gasteiger partial charge in [0.05, 0.1) is 12.3 Å². The molecule has 0 spiro atoms. The number of ether oxygens (including phenoxy) is 1. The molecule has 3 nitrogen and oxygen atoms in total. The number of rotatable bonds is 9. The van der Waals surface area contributed by atoms with Gasteiger partial charge in [0.2, 0.25) is 0 Å². The Bertz CT molecular complexity index is 340. The molecule has 1 N–H and O–H groups in total. The second kappa shape index (κ2) is 8.91. The topological polar surface area (TPSA) is 34.1 Å². The Kier molecular flexibility index (Phi) is 7.90. The maximum Gasteiger partial charge on any atom is 0.103 e. The van der Waals surface area contributed by atoms with E-state index in [2.05, 4.69) is 31.1 Å². The molecule has 0 amide bonds. The summed E-state index contributed by atoms with van der Waals surface area (Å²) < 4.78 is 5.22. The van der Waals surface area contributed by atoms with Crippen molar-refractivity contribution in [2.75, 3.05) is 12.9 Å². The predicted octanol–water partition coefficient (Wildman–Crippen LogP) is 3.43. The molecule has 0 unspecified atom stereocenters. The molecule has 0 aromatic carbocycles. The first-order valence-corrected chi connectivity index (χ1v) is 8.42. The molecule has 0 aliphatic rings. The SMILES string of the molecule is CCCSCc1nc(COC)c(CNC(C)C)s1. The van der Waals surface area contributed by atoms with Crippen LogP contribution in [-0.2, 0) is 23.6 Å². The van der Waals surface area contributed by atoms with Gasteiger partial charge in [0, 0.05) is 30.3 Å². The van der Waals surface area contributed by atoms with Crippen LogP contribution < -0.4 is 5.32 Å². The van der Waals surface area contributed by atoms with Crippen molar-refractivity contribution < 1.29 is 4.74 Å². The van der Waals surface area contributed by atoms with Crippen LogP contribution in [-0.4, -0.2) is 23.9 Å².